The summed E-state index contributed by atoms with van der Waals surface area (Å²) >= 11 is 0. The molecule has 8 rings (SSSR count). The van der Waals surface area contributed by atoms with E-state index in [1.165, 1.54) is 38.2 Å². The predicted octanol–water partition coefficient (Wildman–Crippen LogP) is 4.79. The van der Waals surface area contributed by atoms with Crippen LogP contribution in [0.5, 0.6) is 23.0 Å². The molecule has 0 radical (unpaired) electrons. The van der Waals surface area contributed by atoms with E-state index in [-0.39, 0.29) is 79.9 Å². The predicted molar refractivity (Wildman–Crippen MR) is 308 cm³/mol. The first-order chi connectivity index (χ1) is 40.7. The molecule has 25 nitrogen and oxygen atoms in total. The van der Waals surface area contributed by atoms with E-state index in [0.29, 0.717) is 66.3 Å². The number of aliphatic hydroxyl groups is 1. The van der Waals surface area contributed by atoms with Gasteiger partial charge in [-0.3, -0.25) is 48.2 Å². The molecule has 452 valence electrons. The smallest absolute Gasteiger partial charge is 0.416 e. The Kier molecular flexibility index (Phi) is 20.4. The number of hydrogen-bond donors (Lipinski definition) is 5. The minimum Gasteiger partial charge on any atom is -0.493 e. The molecule has 5 N–H and O–H groups in total. The average Bonchev–Trinajstić information content (AvgIpc) is 2.70. The fourth-order valence-corrected chi connectivity index (χ4v) is 10.1. The summed E-state index contributed by atoms with van der Waals surface area (Å²) in [6.07, 6.45) is 7.91. The van der Waals surface area contributed by atoms with E-state index in [4.69, 9.17) is 28.4 Å². The Morgan fingerprint density at radius 2 is 1.36 bits per heavy atom. The number of amides is 9. The first-order valence-corrected chi connectivity index (χ1v) is 28.0. The van der Waals surface area contributed by atoms with Crippen LogP contribution < -0.4 is 45.1 Å². The fraction of sp³-hybridized carbons (Fsp3) is 0.433. The van der Waals surface area contributed by atoms with Crippen LogP contribution in [0.15, 0.2) is 89.2 Å². The van der Waals surface area contributed by atoms with E-state index in [1.807, 2.05) is 20.0 Å². The number of benzene rings is 3. The van der Waals surface area contributed by atoms with Crippen LogP contribution >= 0.6 is 0 Å². The van der Waals surface area contributed by atoms with Crippen molar-refractivity contribution >= 4 is 76.6 Å². The van der Waals surface area contributed by atoms with Crippen molar-refractivity contribution in [1.29, 1.82) is 0 Å². The van der Waals surface area contributed by atoms with Gasteiger partial charge in [-0.05, 0) is 88.6 Å². The van der Waals surface area contributed by atoms with Gasteiger partial charge < -0.3 is 64.6 Å². The van der Waals surface area contributed by atoms with Gasteiger partial charge in [-0.2, -0.15) is 0 Å². The molecular weight excluding hydrogens is 1100 g/mol. The molecule has 3 aromatic rings. The van der Waals surface area contributed by atoms with Crippen molar-refractivity contribution in [2.45, 2.75) is 110 Å². The van der Waals surface area contributed by atoms with Crippen molar-refractivity contribution in [3.63, 3.8) is 0 Å². The molecule has 0 saturated heterocycles. The molecule has 5 aliphatic rings. The van der Waals surface area contributed by atoms with Crippen LogP contribution in [0, 0.1) is 5.92 Å². The topological polar surface area (TPSA) is 303 Å². The summed E-state index contributed by atoms with van der Waals surface area (Å²) in [6, 6.07) is 9.69. The highest BCUT2D eigenvalue weighted by Gasteiger charge is 2.45. The van der Waals surface area contributed by atoms with Gasteiger partial charge in [0.15, 0.2) is 29.2 Å². The van der Waals surface area contributed by atoms with E-state index >= 15 is 0 Å². The molecule has 0 aromatic heterocycles. The van der Waals surface area contributed by atoms with Gasteiger partial charge in [0.05, 0.1) is 68.6 Å². The first kappa shape index (κ1) is 62.0. The molecule has 0 spiro atoms. The number of carbonyl (C=O) groups is 9. The van der Waals surface area contributed by atoms with Gasteiger partial charge in [0.1, 0.15) is 25.3 Å². The zero-order valence-corrected chi connectivity index (χ0v) is 48.5. The number of imide groups is 1. The van der Waals surface area contributed by atoms with Gasteiger partial charge in [-0.25, -0.2) is 9.69 Å². The van der Waals surface area contributed by atoms with Crippen LogP contribution in [-0.4, -0.2) is 164 Å². The molecular formula is C60H71N9O16. The summed E-state index contributed by atoms with van der Waals surface area (Å²) in [4.78, 5) is 126. The first-order valence-electron chi connectivity index (χ1n) is 28.0. The normalized spacial score (nSPS) is 18.3. The van der Waals surface area contributed by atoms with Gasteiger partial charge >= 0.3 is 6.09 Å². The van der Waals surface area contributed by atoms with Crippen LogP contribution in [-0.2, 0) is 44.8 Å². The van der Waals surface area contributed by atoms with Gasteiger partial charge in [0.2, 0.25) is 23.6 Å². The van der Waals surface area contributed by atoms with Crippen molar-refractivity contribution in [3.8, 4) is 23.0 Å². The van der Waals surface area contributed by atoms with Crippen LogP contribution in [0.25, 0.3) is 0 Å². The van der Waals surface area contributed by atoms with Crippen molar-refractivity contribution in [2.75, 3.05) is 64.0 Å². The molecule has 5 heterocycles. The molecule has 0 bridgehead atoms. The Morgan fingerprint density at radius 3 is 2.04 bits per heavy atom. The molecule has 0 fully saturated rings. The third-order valence-electron chi connectivity index (χ3n) is 14.6. The molecule has 5 atom stereocenters. The molecule has 0 unspecified atom stereocenters. The highest BCUT2D eigenvalue weighted by Crippen LogP contribution is 2.43. The summed E-state index contributed by atoms with van der Waals surface area (Å²) in [6.45, 7) is 8.55. The van der Waals surface area contributed by atoms with E-state index in [0.717, 1.165) is 39.5 Å². The molecule has 85 heavy (non-hydrogen) atoms. The van der Waals surface area contributed by atoms with Crippen molar-refractivity contribution in [2.24, 2.45) is 10.9 Å². The lowest BCUT2D eigenvalue weighted by Crippen LogP contribution is -2.54. The minimum atomic E-state index is -1.53. The standard InChI is InChI=1S/C60H71N9O16/c1-34(2)54(65-51(71)33-82-22-18-61-50(70)17-19-66-52(72)15-16-53(66)73)56(75)63-37(5)55(74)64-39-13-11-38(12-14-39)32-85-60(79)69-44-28-49(47(81-7)26-42(44)58(77)68-31-36(4)24-45(68)59(69)78)84-21-10-8-9-20-83-48-27-43-41(25-46(48)80-6)57(76)67-30-35(3)23-40(67)29-62-43/h11-16,25-31,34,37,40,45,54,59,78H,8-10,17-24,32-33H2,1-7H3,(H,61,70)(H,63,75)(H,64,74)(H,65,71)/t37-,40-,45-,54-,59-/m0/s1. The fourth-order valence-electron chi connectivity index (χ4n) is 10.1. The third kappa shape index (κ3) is 15.0. The molecule has 0 aliphatic carbocycles. The number of aliphatic hydroxyl groups excluding tert-OH is 1. The highest BCUT2D eigenvalue weighted by molar-refractivity contribution is 6.13. The van der Waals surface area contributed by atoms with Crippen LogP contribution in [0.1, 0.15) is 99.4 Å². The lowest BCUT2D eigenvalue weighted by atomic mass is 10.0. The largest absolute Gasteiger partial charge is 0.493 e. The number of hydrogen-bond acceptors (Lipinski definition) is 17. The van der Waals surface area contributed by atoms with E-state index in [2.05, 4.69) is 26.3 Å². The number of ether oxygens (including phenoxy) is 6. The highest BCUT2D eigenvalue weighted by atomic mass is 16.6. The van der Waals surface area contributed by atoms with Crippen LogP contribution in [0.4, 0.5) is 21.9 Å². The quantitative estimate of drug-likeness (QED) is 0.0533. The number of nitrogens with one attached hydrogen (secondary N) is 4. The molecule has 3 aromatic carbocycles. The number of nitrogens with zero attached hydrogens (tertiary/aromatic N) is 5. The summed E-state index contributed by atoms with van der Waals surface area (Å²) in [7, 11) is 2.95. The molecule has 0 saturated carbocycles. The zero-order chi connectivity index (χ0) is 61.1. The monoisotopic (exact) mass is 1170 g/mol. The number of unbranched alkanes of at least 4 members (excludes halogenated alkanes) is 2. The van der Waals surface area contributed by atoms with Crippen LogP contribution in [0.2, 0.25) is 0 Å². The third-order valence-corrected chi connectivity index (χ3v) is 14.6. The van der Waals surface area contributed by atoms with Gasteiger partial charge in [0.25, 0.3) is 23.6 Å². The van der Waals surface area contributed by atoms with E-state index in [9.17, 15) is 48.3 Å². The maximum absolute atomic E-state index is 14.2. The Labute approximate surface area is 491 Å². The SMILES string of the molecule is COc1cc2c(cc1OCCCCCOc1cc3c(cc1OC)C(=O)N1C=C(C)C[C@H]1[C@H](O)N3C(=O)OCc1ccc(NC(=O)[C@H](C)NC(=O)[C@@H](NC(=O)COCCNC(=O)CCN3C(=O)C=CC3=O)C(C)C)cc1)N=C[C@@H]1CC(C)=CN1C2=O. The van der Waals surface area contributed by atoms with Gasteiger partial charge in [-0.1, -0.05) is 37.1 Å². The van der Waals surface area contributed by atoms with Crippen LogP contribution in [0.3, 0.4) is 0 Å². The molecule has 25 heteroatoms. The summed E-state index contributed by atoms with van der Waals surface area (Å²) in [5.41, 5.74) is 3.86. The van der Waals surface area contributed by atoms with Gasteiger partial charge in [0, 0.05) is 68.1 Å². The number of fused-ring (bicyclic) bond motifs is 4. The number of rotatable bonds is 26. The van der Waals surface area contributed by atoms with Crippen molar-refractivity contribution < 1.29 is 76.7 Å². The Balaban J connectivity index is 0.806. The van der Waals surface area contributed by atoms with E-state index < -0.39 is 78.4 Å². The van der Waals surface area contributed by atoms with Gasteiger partial charge in [-0.15, -0.1) is 0 Å². The maximum Gasteiger partial charge on any atom is 0.416 e. The maximum atomic E-state index is 14.2. The minimum absolute atomic E-state index is 0.0324. The average molecular weight is 1170 g/mol. The number of carbonyl (C=O) groups excluding carboxylic acids is 9. The van der Waals surface area contributed by atoms with E-state index in [1.54, 1.807) is 67.6 Å². The number of aliphatic imine (C=N–C) groups is 1. The molecule has 9 amide bonds. The summed E-state index contributed by atoms with van der Waals surface area (Å²) in [5.74, 6) is -2.83. The lowest BCUT2D eigenvalue weighted by Gasteiger charge is -2.31. The second-order valence-electron chi connectivity index (χ2n) is 21.4. The summed E-state index contributed by atoms with van der Waals surface area (Å²) in [5, 5.41) is 22.5. The number of methoxy groups -OCH3 is 2. The second-order valence-corrected chi connectivity index (χ2v) is 21.4. The summed E-state index contributed by atoms with van der Waals surface area (Å²) < 4.78 is 34.7. The Bertz CT molecular complexity index is 3190. The van der Waals surface area contributed by atoms with Crippen molar-refractivity contribution in [1.82, 2.24) is 30.7 Å². The van der Waals surface area contributed by atoms with Crippen molar-refractivity contribution in [3.05, 3.63) is 101 Å². The zero-order valence-electron chi connectivity index (χ0n) is 48.5. The Hall–Kier alpha value is -9.10. The number of anilines is 2. The Morgan fingerprint density at radius 1 is 0.729 bits per heavy atom. The lowest BCUT2D eigenvalue weighted by molar-refractivity contribution is -0.137. The molecule has 5 aliphatic heterocycles. The second kappa shape index (κ2) is 28.0.